The van der Waals surface area contributed by atoms with E-state index in [1.165, 1.54) is 6.92 Å². The molecule has 2 aliphatic rings. The molecule has 1 amide bonds. The lowest BCUT2D eigenvalue weighted by atomic mass is 9.68. The van der Waals surface area contributed by atoms with Crippen molar-refractivity contribution in [3.63, 3.8) is 0 Å². The van der Waals surface area contributed by atoms with Crippen LogP contribution in [-0.2, 0) is 9.53 Å². The van der Waals surface area contributed by atoms with Gasteiger partial charge in [-0.15, -0.1) is 0 Å². The Hall–Kier alpha value is -1.06. The fourth-order valence-electron chi connectivity index (χ4n) is 2.16. The molecular weight excluding hydrogens is 185 g/mol. The lowest BCUT2D eigenvalue weighted by molar-refractivity contribution is -0.179. The predicted molar refractivity (Wildman–Crippen MR) is 49.1 cm³/mol. The number of halogens is 1. The lowest BCUT2D eigenvalue weighted by Crippen LogP contribution is -2.64. The van der Waals surface area contributed by atoms with Crippen LogP contribution in [-0.4, -0.2) is 17.2 Å². The normalized spacial score (nSPS) is 41.9. The van der Waals surface area contributed by atoms with E-state index in [0.29, 0.717) is 11.5 Å². The van der Waals surface area contributed by atoms with E-state index in [9.17, 15) is 9.18 Å². The summed E-state index contributed by atoms with van der Waals surface area (Å²) in [5.74, 6) is 0.468. The molecule has 1 aliphatic heterocycles. The van der Waals surface area contributed by atoms with Gasteiger partial charge < -0.3 is 10.1 Å². The van der Waals surface area contributed by atoms with Crippen molar-refractivity contribution < 1.29 is 13.9 Å². The molecule has 0 aromatic rings. The third kappa shape index (κ3) is 1.21. The van der Waals surface area contributed by atoms with E-state index in [0.717, 1.165) is 0 Å². The third-order valence-corrected chi connectivity index (χ3v) is 2.90. The number of rotatable bonds is 0. The van der Waals surface area contributed by atoms with E-state index in [4.69, 9.17) is 4.74 Å². The van der Waals surface area contributed by atoms with Gasteiger partial charge in [-0.2, -0.15) is 0 Å². The standard InChI is InChI=1S/C10H14FNO2/c1-6-7(2)14-10(8(13)12-6)4-9(3,11)5-10/h4-5H2,1-3H3,(H,12,13). The van der Waals surface area contributed by atoms with E-state index in [1.807, 2.05) is 0 Å². The number of hydrogen-bond donors (Lipinski definition) is 1. The monoisotopic (exact) mass is 199 g/mol. The van der Waals surface area contributed by atoms with Gasteiger partial charge in [0.25, 0.3) is 5.91 Å². The summed E-state index contributed by atoms with van der Waals surface area (Å²) < 4.78 is 18.9. The molecule has 1 heterocycles. The van der Waals surface area contributed by atoms with Crippen LogP contribution in [0.3, 0.4) is 0 Å². The summed E-state index contributed by atoms with van der Waals surface area (Å²) in [6.45, 7) is 5.05. The molecule has 3 nitrogen and oxygen atoms in total. The smallest absolute Gasteiger partial charge is 0.268 e. The Balaban J connectivity index is 2.21. The first-order chi connectivity index (χ1) is 6.35. The summed E-state index contributed by atoms with van der Waals surface area (Å²) in [7, 11) is 0. The molecule has 78 valence electrons. The molecule has 0 saturated heterocycles. The SMILES string of the molecule is CC1=C(C)OC2(CC(C)(F)C2)C(=O)N1. The van der Waals surface area contributed by atoms with Crippen molar-refractivity contribution in [3.05, 3.63) is 11.5 Å². The molecule has 1 aliphatic carbocycles. The zero-order chi connectivity index (χ0) is 10.6. The van der Waals surface area contributed by atoms with Crippen molar-refractivity contribution >= 4 is 5.91 Å². The molecule has 2 rings (SSSR count). The molecule has 0 radical (unpaired) electrons. The minimum atomic E-state index is -1.26. The largest absolute Gasteiger partial charge is 0.480 e. The molecule has 0 bridgehead atoms. The van der Waals surface area contributed by atoms with Crippen LogP contribution in [0.5, 0.6) is 0 Å². The van der Waals surface area contributed by atoms with Crippen LogP contribution in [0.4, 0.5) is 4.39 Å². The Morgan fingerprint density at radius 1 is 1.43 bits per heavy atom. The maximum atomic E-state index is 13.4. The minimum absolute atomic E-state index is 0.149. The molecule has 0 unspecified atom stereocenters. The average Bonchev–Trinajstić information content (AvgIpc) is 1.97. The minimum Gasteiger partial charge on any atom is -0.480 e. The van der Waals surface area contributed by atoms with Crippen molar-refractivity contribution in [2.75, 3.05) is 0 Å². The van der Waals surface area contributed by atoms with Crippen LogP contribution >= 0.6 is 0 Å². The lowest BCUT2D eigenvalue weighted by Gasteiger charge is -2.50. The average molecular weight is 199 g/mol. The highest BCUT2D eigenvalue weighted by molar-refractivity contribution is 5.89. The maximum absolute atomic E-state index is 13.4. The first kappa shape index (κ1) is 9.49. The Kier molecular flexibility index (Phi) is 1.69. The highest BCUT2D eigenvalue weighted by Gasteiger charge is 2.61. The molecule has 1 spiro atoms. The number of alkyl halides is 1. The van der Waals surface area contributed by atoms with E-state index in [2.05, 4.69) is 5.32 Å². The summed E-state index contributed by atoms with van der Waals surface area (Å²) in [6.07, 6.45) is 0.299. The molecule has 1 fully saturated rings. The number of carbonyl (C=O) groups is 1. The second-order valence-electron chi connectivity index (χ2n) is 4.50. The second-order valence-corrected chi connectivity index (χ2v) is 4.50. The highest BCUT2D eigenvalue weighted by Crippen LogP contribution is 2.49. The number of carbonyl (C=O) groups excluding carboxylic acids is 1. The summed E-state index contributed by atoms with van der Waals surface area (Å²) >= 11 is 0. The summed E-state index contributed by atoms with van der Waals surface area (Å²) in [6, 6.07) is 0. The quantitative estimate of drug-likeness (QED) is 0.644. The van der Waals surface area contributed by atoms with Crippen molar-refractivity contribution in [1.29, 1.82) is 0 Å². The maximum Gasteiger partial charge on any atom is 0.268 e. The first-order valence-corrected chi connectivity index (χ1v) is 4.72. The van der Waals surface area contributed by atoms with E-state index < -0.39 is 11.3 Å². The van der Waals surface area contributed by atoms with Gasteiger partial charge in [0.2, 0.25) is 0 Å². The topological polar surface area (TPSA) is 38.3 Å². The molecule has 1 N–H and O–H groups in total. The second kappa shape index (κ2) is 2.49. The Morgan fingerprint density at radius 2 is 2.00 bits per heavy atom. The van der Waals surface area contributed by atoms with Crippen LogP contribution in [0.15, 0.2) is 11.5 Å². The van der Waals surface area contributed by atoms with Gasteiger partial charge in [0.05, 0.1) is 5.70 Å². The molecule has 0 atom stereocenters. The van der Waals surface area contributed by atoms with Crippen LogP contribution < -0.4 is 5.32 Å². The summed E-state index contributed by atoms with van der Waals surface area (Å²) in [5.41, 5.74) is -1.48. The summed E-state index contributed by atoms with van der Waals surface area (Å²) in [5, 5.41) is 2.71. The zero-order valence-electron chi connectivity index (χ0n) is 8.61. The molecular formula is C10H14FNO2. The van der Waals surface area contributed by atoms with E-state index >= 15 is 0 Å². The van der Waals surface area contributed by atoms with Crippen LogP contribution in [0.25, 0.3) is 0 Å². The predicted octanol–water partition coefficient (Wildman–Crippen LogP) is 1.65. The Bertz CT molecular complexity index is 325. The van der Waals surface area contributed by atoms with Gasteiger partial charge in [0.1, 0.15) is 11.4 Å². The van der Waals surface area contributed by atoms with Crippen LogP contribution in [0, 0.1) is 0 Å². The van der Waals surface area contributed by atoms with Gasteiger partial charge in [0.15, 0.2) is 5.60 Å². The first-order valence-electron chi connectivity index (χ1n) is 4.72. The van der Waals surface area contributed by atoms with Gasteiger partial charge in [-0.05, 0) is 20.8 Å². The highest BCUT2D eigenvalue weighted by atomic mass is 19.1. The number of ether oxygens (including phenoxy) is 1. The molecule has 0 aromatic carbocycles. The van der Waals surface area contributed by atoms with Gasteiger partial charge >= 0.3 is 0 Å². The number of hydrogen-bond acceptors (Lipinski definition) is 2. The van der Waals surface area contributed by atoms with E-state index in [1.54, 1.807) is 13.8 Å². The van der Waals surface area contributed by atoms with Crippen molar-refractivity contribution in [3.8, 4) is 0 Å². The zero-order valence-corrected chi connectivity index (χ0v) is 8.61. The van der Waals surface area contributed by atoms with Crippen molar-refractivity contribution in [1.82, 2.24) is 5.32 Å². The van der Waals surface area contributed by atoms with Gasteiger partial charge in [-0.1, -0.05) is 0 Å². The van der Waals surface area contributed by atoms with Crippen molar-refractivity contribution in [2.24, 2.45) is 0 Å². The third-order valence-electron chi connectivity index (χ3n) is 2.90. The fraction of sp³-hybridized carbons (Fsp3) is 0.700. The fourth-order valence-corrected chi connectivity index (χ4v) is 2.16. The number of amides is 1. The number of nitrogens with one attached hydrogen (secondary N) is 1. The number of allylic oxidation sites excluding steroid dienone is 2. The van der Waals surface area contributed by atoms with Crippen molar-refractivity contribution in [2.45, 2.75) is 44.9 Å². The Morgan fingerprint density at radius 3 is 2.50 bits per heavy atom. The summed E-state index contributed by atoms with van der Waals surface area (Å²) in [4.78, 5) is 11.6. The van der Waals surface area contributed by atoms with Crippen LogP contribution in [0.2, 0.25) is 0 Å². The van der Waals surface area contributed by atoms with Gasteiger partial charge in [0, 0.05) is 12.8 Å². The van der Waals surface area contributed by atoms with Gasteiger partial charge in [-0.3, -0.25) is 4.79 Å². The molecule has 4 heteroatoms. The molecule has 0 aromatic heterocycles. The molecule has 1 saturated carbocycles. The van der Waals surface area contributed by atoms with E-state index in [-0.39, 0.29) is 18.7 Å². The van der Waals surface area contributed by atoms with Crippen LogP contribution in [0.1, 0.15) is 33.6 Å². The van der Waals surface area contributed by atoms with Gasteiger partial charge in [-0.25, -0.2) is 4.39 Å². The Labute approximate surface area is 82.3 Å². The molecule has 14 heavy (non-hydrogen) atoms.